The molecule has 0 spiro atoms. The Hall–Kier alpha value is -2.88. The Morgan fingerprint density at radius 1 is 0.976 bits per heavy atom. The van der Waals surface area contributed by atoms with Gasteiger partial charge in [0.25, 0.3) is 0 Å². The Kier molecular flexibility index (Phi) is 9.25. The molecule has 0 aliphatic carbocycles. The van der Waals surface area contributed by atoms with Crippen LogP contribution in [-0.4, -0.2) is 15.9 Å². The molecular weight excluding hydrogens is 702 g/mol. The van der Waals surface area contributed by atoms with Crippen LogP contribution < -0.4 is 0 Å². The number of hydrogen-bond donors (Lipinski definition) is 1. The number of allylic oxidation sites excluding steroid dienone is 2. The van der Waals surface area contributed by atoms with Crippen LogP contribution in [-0.2, 0) is 24.9 Å². The van der Waals surface area contributed by atoms with Gasteiger partial charge in [-0.05, 0) is 66.1 Å². The number of benzene rings is 3. The van der Waals surface area contributed by atoms with Crippen molar-refractivity contribution in [1.82, 2.24) is 4.98 Å². The molecule has 0 unspecified atom stereocenters. The van der Waals surface area contributed by atoms with Crippen LogP contribution in [0.15, 0.2) is 60.5 Å². The molecule has 1 heterocycles. The Labute approximate surface area is 273 Å². The van der Waals surface area contributed by atoms with Crippen LogP contribution in [0.4, 0.5) is 4.39 Å². The second-order valence-corrected chi connectivity index (χ2v) is 11.2. The first kappa shape index (κ1) is 26.7. The van der Waals surface area contributed by atoms with Gasteiger partial charge in [0.05, 0.1) is 0 Å². The van der Waals surface area contributed by atoms with Gasteiger partial charge in [0.1, 0.15) is 11.6 Å². The van der Waals surface area contributed by atoms with Gasteiger partial charge in [-0.2, -0.15) is 0 Å². The number of hydrogen-bond acceptors (Lipinski definition) is 3. The average molecular weight is 753 g/mol. The molecule has 1 N–H and O–H groups in total. The van der Waals surface area contributed by atoms with Crippen LogP contribution in [0, 0.1) is 43.3 Å². The third kappa shape index (κ3) is 7.36. The molecule has 227 valence electrons. The van der Waals surface area contributed by atoms with Crippen LogP contribution >= 0.6 is 0 Å². The summed E-state index contributed by atoms with van der Waals surface area (Å²) >= 11 is 0. The van der Waals surface area contributed by atoms with Crippen molar-refractivity contribution in [3.63, 3.8) is 0 Å². The number of aliphatic hydroxyl groups excluding tert-OH is 1. The Morgan fingerprint density at radius 2 is 1.62 bits per heavy atom. The largest absolute Gasteiger partial charge is 0.512 e. The van der Waals surface area contributed by atoms with E-state index in [1.165, 1.54) is 18.2 Å². The molecule has 0 bridgehead atoms. The molecule has 3 nitrogen and oxygen atoms in total. The molecule has 0 aliphatic heterocycles. The van der Waals surface area contributed by atoms with Gasteiger partial charge in [0.15, 0.2) is 5.78 Å². The van der Waals surface area contributed by atoms with Crippen LogP contribution in [0.5, 0.6) is 0 Å². The van der Waals surface area contributed by atoms with E-state index in [1.54, 1.807) is 24.4 Å². The van der Waals surface area contributed by atoms with Crippen molar-refractivity contribution in [2.75, 3.05) is 0 Å². The van der Waals surface area contributed by atoms with Crippen LogP contribution in [0.25, 0.3) is 32.8 Å². The minimum Gasteiger partial charge on any atom is -0.512 e. The van der Waals surface area contributed by atoms with Gasteiger partial charge in [-0.25, -0.2) is 4.39 Å². The van der Waals surface area contributed by atoms with E-state index in [1.807, 2.05) is 54.5 Å². The smallest absolute Gasteiger partial charge is 0.164 e. The Bertz CT molecular complexity index is 1760. The maximum absolute atomic E-state index is 14.3. The summed E-state index contributed by atoms with van der Waals surface area (Å²) in [7, 11) is 0. The molecule has 4 aromatic rings. The maximum Gasteiger partial charge on any atom is 0.164 e. The van der Waals surface area contributed by atoms with Crippen molar-refractivity contribution in [2.45, 2.75) is 87.9 Å². The standard InChI is InChI=1S/C22H17FN.C15H28O2.Ir/c1-13-9-14(2)11-16(10-13)22-19-8-7-17-18(5-4-6-20(17)23)21(19)15(3)12-24-22;1-7-14(5,8-2)12(16)11-13(17)15(6,9-3)10-4;/h4-10,12H,1-3H3;11,16H,7-10H2,1-6H3;/q-1;;/b;12-11-;/i1D3,2D3;;. The fourth-order valence-electron chi connectivity index (χ4n) is 4.83. The zero-order valence-corrected chi connectivity index (χ0v) is 27.9. The van der Waals surface area contributed by atoms with Crippen molar-refractivity contribution in [3.8, 4) is 11.3 Å². The summed E-state index contributed by atoms with van der Waals surface area (Å²) in [5, 5.41) is 12.8. The fraction of sp³-hybridized carbons (Fsp3) is 0.405. The van der Waals surface area contributed by atoms with E-state index in [2.05, 4.69) is 11.1 Å². The molecule has 0 atom stereocenters. The minimum absolute atomic E-state index is 0. The quantitative estimate of drug-likeness (QED) is 0.0844. The monoisotopic (exact) mass is 753 g/mol. The fourth-order valence-corrected chi connectivity index (χ4v) is 4.83. The third-order valence-electron chi connectivity index (χ3n) is 8.77. The summed E-state index contributed by atoms with van der Waals surface area (Å²) < 4.78 is 60.7. The van der Waals surface area contributed by atoms with Gasteiger partial charge in [0.2, 0.25) is 0 Å². The first-order valence-electron chi connectivity index (χ1n) is 17.3. The predicted octanol–water partition coefficient (Wildman–Crippen LogP) is 10.6. The van der Waals surface area contributed by atoms with E-state index < -0.39 is 13.7 Å². The number of rotatable bonds is 8. The van der Waals surface area contributed by atoms with Gasteiger partial charge in [-0.15, -0.1) is 34.9 Å². The number of pyridine rings is 1. The summed E-state index contributed by atoms with van der Waals surface area (Å²) in [6.07, 6.45) is 6.37. The number of ketones is 1. The van der Waals surface area contributed by atoms with Crippen molar-refractivity contribution >= 4 is 27.3 Å². The molecule has 0 saturated heterocycles. The number of carbonyl (C=O) groups excluding carboxylic acids is 1. The molecule has 42 heavy (non-hydrogen) atoms. The Morgan fingerprint density at radius 3 is 2.21 bits per heavy atom. The maximum atomic E-state index is 14.3. The second kappa shape index (κ2) is 14.5. The molecule has 1 aromatic heterocycles. The van der Waals surface area contributed by atoms with Crippen molar-refractivity contribution in [2.24, 2.45) is 10.8 Å². The average Bonchev–Trinajstić information content (AvgIpc) is 3.03. The number of aliphatic hydroxyl groups is 1. The van der Waals surface area contributed by atoms with Crippen LogP contribution in [0.2, 0.25) is 0 Å². The third-order valence-corrected chi connectivity index (χ3v) is 8.77. The van der Waals surface area contributed by atoms with Gasteiger partial charge in [0, 0.05) is 56.8 Å². The topological polar surface area (TPSA) is 50.2 Å². The molecule has 1 radical (unpaired) electrons. The first-order valence-corrected chi connectivity index (χ1v) is 14.3. The van der Waals surface area contributed by atoms with E-state index in [9.17, 15) is 14.3 Å². The van der Waals surface area contributed by atoms with Gasteiger partial charge in [-0.1, -0.05) is 79.5 Å². The summed E-state index contributed by atoms with van der Waals surface area (Å²) in [4.78, 5) is 16.6. The molecule has 3 aromatic carbocycles. The number of fused-ring (bicyclic) bond motifs is 3. The Balaban J connectivity index is 0.000000384. The van der Waals surface area contributed by atoms with E-state index in [-0.39, 0.29) is 65.0 Å². The molecule has 0 saturated carbocycles. The zero-order chi connectivity index (χ0) is 35.5. The zero-order valence-electron chi connectivity index (χ0n) is 31.5. The summed E-state index contributed by atoms with van der Waals surface area (Å²) in [5.41, 5.74) is 0.620. The number of carbonyl (C=O) groups is 1. The molecular formula is C37H45FIrNO2-. The molecule has 0 fully saturated rings. The van der Waals surface area contributed by atoms with Gasteiger partial charge >= 0.3 is 0 Å². The summed E-state index contributed by atoms with van der Waals surface area (Å²) in [6.45, 7) is 8.94. The number of nitrogens with zero attached hydrogens (tertiary/aromatic N) is 1. The molecule has 0 aliphatic rings. The predicted molar refractivity (Wildman–Crippen MR) is 171 cm³/mol. The minimum atomic E-state index is -2.52. The van der Waals surface area contributed by atoms with Crippen molar-refractivity contribution in [1.29, 1.82) is 0 Å². The van der Waals surface area contributed by atoms with Crippen molar-refractivity contribution < 1.29 is 42.6 Å². The number of aryl methyl sites for hydroxylation is 3. The normalized spacial score (nSPS) is 14.8. The number of halogens is 1. The second-order valence-electron chi connectivity index (χ2n) is 11.2. The van der Waals surface area contributed by atoms with Gasteiger partial charge in [-0.3, -0.25) is 4.79 Å². The van der Waals surface area contributed by atoms with Crippen LogP contribution in [0.1, 0.15) is 92.1 Å². The molecule has 0 amide bonds. The first-order chi connectivity index (χ1) is 21.8. The summed E-state index contributed by atoms with van der Waals surface area (Å²) in [6, 6.07) is 13.6. The van der Waals surface area contributed by atoms with E-state index in [0.29, 0.717) is 21.9 Å². The SMILES string of the molecule is CCC(C)(CC)C(=O)/C=C(\O)C(C)(CC)CC.[2H]C([2H])([2H])c1[c-]c(-c2ncc(C)c3c2ccc2c(F)cccc23)cc(C([2H])([2H])[2H])c1.[Ir]. The van der Waals surface area contributed by atoms with Crippen molar-refractivity contribution in [3.05, 3.63) is 89.1 Å². The van der Waals surface area contributed by atoms with E-state index in [4.69, 9.17) is 8.22 Å². The summed E-state index contributed by atoms with van der Waals surface area (Å²) in [5.74, 6) is -0.0541. The van der Waals surface area contributed by atoms with E-state index in [0.717, 1.165) is 42.7 Å². The molecule has 5 heteroatoms. The van der Waals surface area contributed by atoms with Crippen LogP contribution in [0.3, 0.4) is 0 Å². The van der Waals surface area contributed by atoms with E-state index >= 15 is 0 Å². The number of aromatic nitrogens is 1. The van der Waals surface area contributed by atoms with Gasteiger partial charge < -0.3 is 10.1 Å². The molecule has 4 rings (SSSR count).